The Bertz CT molecular complexity index is 736. The molecule has 0 saturated carbocycles. The standard InChI is InChI=1S/C16H13N3/c17-9-5-11-19-15-8-2-1-6-13(15)12-16(19)14-7-3-4-10-18-14/h1-4,6-8,10,12H,5,11H2. The van der Waals surface area contributed by atoms with Gasteiger partial charge in [0.1, 0.15) is 0 Å². The van der Waals surface area contributed by atoms with Gasteiger partial charge in [0.25, 0.3) is 0 Å². The van der Waals surface area contributed by atoms with Gasteiger partial charge >= 0.3 is 0 Å². The highest BCUT2D eigenvalue weighted by Gasteiger charge is 2.10. The number of hydrogen-bond donors (Lipinski definition) is 0. The highest BCUT2D eigenvalue weighted by molar-refractivity contribution is 5.86. The second-order valence-corrected chi connectivity index (χ2v) is 4.36. The fourth-order valence-electron chi connectivity index (χ4n) is 2.34. The SMILES string of the molecule is N#CCCn1c(-c2ccccn2)cc2ccccc21. The summed E-state index contributed by atoms with van der Waals surface area (Å²) in [4.78, 5) is 4.41. The van der Waals surface area contributed by atoms with Gasteiger partial charge in [-0.15, -0.1) is 0 Å². The van der Waals surface area contributed by atoms with Crippen molar-refractivity contribution in [2.75, 3.05) is 0 Å². The molecular weight excluding hydrogens is 234 g/mol. The molecule has 0 unspecified atom stereocenters. The van der Waals surface area contributed by atoms with Crippen molar-refractivity contribution in [2.45, 2.75) is 13.0 Å². The zero-order valence-electron chi connectivity index (χ0n) is 10.5. The lowest BCUT2D eigenvalue weighted by Crippen LogP contribution is -2.00. The number of nitriles is 1. The van der Waals surface area contributed by atoms with Crippen LogP contribution in [0.3, 0.4) is 0 Å². The van der Waals surface area contributed by atoms with Crippen molar-refractivity contribution in [3.05, 3.63) is 54.7 Å². The van der Waals surface area contributed by atoms with Gasteiger partial charge in [-0.1, -0.05) is 24.3 Å². The summed E-state index contributed by atoms with van der Waals surface area (Å²) < 4.78 is 2.17. The highest BCUT2D eigenvalue weighted by atomic mass is 15.0. The van der Waals surface area contributed by atoms with E-state index in [0.717, 1.165) is 16.9 Å². The maximum atomic E-state index is 8.82. The molecule has 0 atom stereocenters. The largest absolute Gasteiger partial charge is 0.338 e. The van der Waals surface area contributed by atoms with Gasteiger partial charge in [0.15, 0.2) is 0 Å². The second-order valence-electron chi connectivity index (χ2n) is 4.36. The van der Waals surface area contributed by atoms with E-state index >= 15 is 0 Å². The number of hydrogen-bond acceptors (Lipinski definition) is 2. The van der Waals surface area contributed by atoms with E-state index in [1.54, 1.807) is 6.20 Å². The average molecular weight is 247 g/mol. The summed E-state index contributed by atoms with van der Waals surface area (Å²) in [6.45, 7) is 0.690. The van der Waals surface area contributed by atoms with Crippen LogP contribution < -0.4 is 0 Å². The smallest absolute Gasteiger partial charge is 0.0866 e. The van der Waals surface area contributed by atoms with Crippen molar-refractivity contribution >= 4 is 10.9 Å². The van der Waals surface area contributed by atoms with Crippen LogP contribution in [0, 0.1) is 11.3 Å². The average Bonchev–Trinajstić information content (AvgIpc) is 2.85. The first-order valence-electron chi connectivity index (χ1n) is 6.27. The summed E-state index contributed by atoms with van der Waals surface area (Å²) in [5.41, 5.74) is 3.16. The third-order valence-corrected chi connectivity index (χ3v) is 3.19. The second kappa shape index (κ2) is 4.95. The molecule has 0 amide bonds. The number of rotatable bonds is 3. The number of aryl methyl sites for hydroxylation is 1. The summed E-state index contributed by atoms with van der Waals surface area (Å²) in [6, 6.07) is 18.4. The van der Waals surface area contributed by atoms with Gasteiger partial charge in [-0.05, 0) is 24.3 Å². The summed E-state index contributed by atoms with van der Waals surface area (Å²) in [5.74, 6) is 0. The van der Waals surface area contributed by atoms with Crippen molar-refractivity contribution in [3.8, 4) is 17.5 Å². The first-order chi connectivity index (χ1) is 9.40. The molecule has 2 heterocycles. The van der Waals surface area contributed by atoms with Crippen LogP contribution in [0.5, 0.6) is 0 Å². The van der Waals surface area contributed by atoms with E-state index in [1.807, 2.05) is 30.3 Å². The van der Waals surface area contributed by atoms with Gasteiger partial charge in [-0.2, -0.15) is 5.26 Å². The molecule has 0 fully saturated rings. The molecule has 1 aromatic carbocycles. The number of nitrogens with zero attached hydrogens (tertiary/aromatic N) is 3. The molecule has 2 aromatic heterocycles. The van der Waals surface area contributed by atoms with E-state index in [1.165, 1.54) is 5.39 Å². The minimum absolute atomic E-state index is 0.499. The molecule has 19 heavy (non-hydrogen) atoms. The molecule has 0 spiro atoms. The van der Waals surface area contributed by atoms with Crippen LogP contribution in [0.15, 0.2) is 54.7 Å². The topological polar surface area (TPSA) is 41.6 Å². The molecule has 0 aliphatic rings. The van der Waals surface area contributed by atoms with E-state index in [0.29, 0.717) is 13.0 Å². The maximum absolute atomic E-state index is 8.82. The van der Waals surface area contributed by atoms with Crippen LogP contribution in [0.1, 0.15) is 6.42 Å². The first-order valence-corrected chi connectivity index (χ1v) is 6.27. The van der Waals surface area contributed by atoms with Crippen molar-refractivity contribution in [1.82, 2.24) is 9.55 Å². The quantitative estimate of drug-likeness (QED) is 0.709. The Morgan fingerprint density at radius 1 is 1.11 bits per heavy atom. The molecule has 3 aromatic rings. The molecule has 0 aliphatic carbocycles. The van der Waals surface area contributed by atoms with E-state index in [4.69, 9.17) is 5.26 Å². The maximum Gasteiger partial charge on any atom is 0.0866 e. The molecule has 0 radical (unpaired) electrons. The van der Waals surface area contributed by atoms with E-state index in [9.17, 15) is 0 Å². The first kappa shape index (κ1) is 11.5. The molecule has 0 bridgehead atoms. The highest BCUT2D eigenvalue weighted by Crippen LogP contribution is 2.27. The van der Waals surface area contributed by atoms with Crippen molar-refractivity contribution in [2.24, 2.45) is 0 Å². The summed E-state index contributed by atoms with van der Waals surface area (Å²) in [5, 5.41) is 10.0. The van der Waals surface area contributed by atoms with Gasteiger partial charge in [0.2, 0.25) is 0 Å². The number of pyridine rings is 1. The van der Waals surface area contributed by atoms with Gasteiger partial charge < -0.3 is 4.57 Å². The van der Waals surface area contributed by atoms with E-state index < -0.39 is 0 Å². The third-order valence-electron chi connectivity index (χ3n) is 3.19. The fraction of sp³-hybridized carbons (Fsp3) is 0.125. The third kappa shape index (κ3) is 2.09. The van der Waals surface area contributed by atoms with Crippen LogP contribution in [0.25, 0.3) is 22.3 Å². The number of aromatic nitrogens is 2. The number of para-hydroxylation sites is 1. The predicted molar refractivity (Wildman–Crippen MR) is 75.4 cm³/mol. The monoisotopic (exact) mass is 247 g/mol. The molecule has 3 heteroatoms. The Hall–Kier alpha value is -2.60. The Morgan fingerprint density at radius 3 is 2.74 bits per heavy atom. The van der Waals surface area contributed by atoms with E-state index in [2.05, 4.69) is 33.8 Å². The van der Waals surface area contributed by atoms with Crippen LogP contribution in [-0.2, 0) is 6.54 Å². The molecular formula is C16H13N3. The lowest BCUT2D eigenvalue weighted by atomic mass is 10.2. The molecule has 0 aliphatic heterocycles. The summed E-state index contributed by atoms with van der Waals surface area (Å²) >= 11 is 0. The number of fused-ring (bicyclic) bond motifs is 1. The lowest BCUT2D eigenvalue weighted by molar-refractivity contribution is 0.749. The minimum atomic E-state index is 0.499. The van der Waals surface area contributed by atoms with E-state index in [-0.39, 0.29) is 0 Å². The van der Waals surface area contributed by atoms with Crippen LogP contribution in [-0.4, -0.2) is 9.55 Å². The zero-order valence-corrected chi connectivity index (χ0v) is 10.5. The molecule has 3 rings (SSSR count). The van der Waals surface area contributed by atoms with Crippen molar-refractivity contribution in [1.29, 1.82) is 5.26 Å². The fourth-order valence-corrected chi connectivity index (χ4v) is 2.34. The van der Waals surface area contributed by atoms with Crippen LogP contribution in [0.4, 0.5) is 0 Å². The van der Waals surface area contributed by atoms with Gasteiger partial charge in [0.05, 0.1) is 23.9 Å². The Labute approximate surface area is 111 Å². The Balaban J connectivity index is 2.20. The normalized spacial score (nSPS) is 10.5. The van der Waals surface area contributed by atoms with Gasteiger partial charge in [-0.3, -0.25) is 4.98 Å². The lowest BCUT2D eigenvalue weighted by Gasteiger charge is -2.08. The Morgan fingerprint density at radius 2 is 1.95 bits per heavy atom. The molecule has 3 nitrogen and oxygen atoms in total. The van der Waals surface area contributed by atoms with Crippen molar-refractivity contribution in [3.63, 3.8) is 0 Å². The minimum Gasteiger partial charge on any atom is -0.338 e. The number of benzene rings is 1. The Kier molecular flexibility index (Phi) is 2.99. The van der Waals surface area contributed by atoms with Crippen LogP contribution in [0.2, 0.25) is 0 Å². The van der Waals surface area contributed by atoms with Gasteiger partial charge in [0, 0.05) is 23.6 Å². The predicted octanol–water partition coefficient (Wildman–Crippen LogP) is 3.62. The summed E-state index contributed by atoms with van der Waals surface area (Å²) in [7, 11) is 0. The van der Waals surface area contributed by atoms with Crippen LogP contribution >= 0.6 is 0 Å². The molecule has 0 N–H and O–H groups in total. The van der Waals surface area contributed by atoms with Gasteiger partial charge in [-0.25, -0.2) is 0 Å². The molecule has 0 saturated heterocycles. The zero-order chi connectivity index (χ0) is 13.1. The summed E-state index contributed by atoms with van der Waals surface area (Å²) in [6.07, 6.45) is 2.29. The van der Waals surface area contributed by atoms with Crippen molar-refractivity contribution < 1.29 is 0 Å². The molecule has 92 valence electrons.